The van der Waals surface area contributed by atoms with Gasteiger partial charge in [0.1, 0.15) is 16.3 Å². The average molecular weight is 573 g/mol. The molecule has 0 saturated heterocycles. The first kappa shape index (κ1) is 27.5. The van der Waals surface area contributed by atoms with E-state index in [0.29, 0.717) is 17.7 Å². The van der Waals surface area contributed by atoms with Gasteiger partial charge < -0.3 is 10.8 Å². The molecule has 0 aliphatic rings. The Hall–Kier alpha value is -4.52. The number of phenolic OH excluding ortho intramolecular Hbond substituents is 1. The molecule has 0 aliphatic carbocycles. The van der Waals surface area contributed by atoms with E-state index in [2.05, 4.69) is 29.8 Å². The lowest BCUT2D eigenvalue weighted by atomic mass is 10.1. The zero-order chi connectivity index (χ0) is 28.2. The highest BCUT2D eigenvalue weighted by Gasteiger charge is 2.25. The van der Waals surface area contributed by atoms with Gasteiger partial charge in [0.25, 0.3) is 15.8 Å². The van der Waals surface area contributed by atoms with Crippen molar-refractivity contribution in [2.75, 3.05) is 5.73 Å². The van der Waals surface area contributed by atoms with E-state index in [1.165, 1.54) is 30.3 Å². The average Bonchev–Trinajstić information content (AvgIpc) is 2.90. The number of nitrogens with zero attached hydrogens (tertiary/aromatic N) is 5. The van der Waals surface area contributed by atoms with Crippen LogP contribution in [-0.4, -0.2) is 28.3 Å². The number of benzene rings is 4. The summed E-state index contributed by atoms with van der Waals surface area (Å²) >= 11 is 0.418. The summed E-state index contributed by atoms with van der Waals surface area (Å²) in [6, 6.07) is 15.6. The standard InChI is InChI=1S/C22H16N6O9S2/c23-19-18-12(11-17(39(33,34)35)21(22(18)29)27-24-13-4-2-1-3-5-13)10-16(38-37-36-32)20(19)26-25-14-6-8-15(9-7-14)28(30)31/h1-11,29,32H,23H2,(H,33,34,35). The van der Waals surface area contributed by atoms with Crippen LogP contribution in [0.4, 0.5) is 34.1 Å². The van der Waals surface area contributed by atoms with Crippen LogP contribution in [0.2, 0.25) is 0 Å². The quantitative estimate of drug-likeness (QED) is 0.0319. The van der Waals surface area contributed by atoms with Crippen molar-refractivity contribution in [3.05, 3.63) is 76.8 Å². The van der Waals surface area contributed by atoms with Crippen molar-refractivity contribution in [1.29, 1.82) is 0 Å². The number of non-ortho nitro benzene ring substituents is 1. The zero-order valence-electron chi connectivity index (χ0n) is 19.3. The SMILES string of the molecule is Nc1c(N=Nc2ccc([N+](=O)[O-])cc2)c(SOOO)cc2cc(S(=O)(=O)O)c(N=Nc3ccccc3)c(O)c12. The second kappa shape index (κ2) is 11.5. The number of rotatable bonds is 9. The molecule has 4 aromatic carbocycles. The number of hydrogen-bond donors (Lipinski definition) is 4. The maximum Gasteiger partial charge on any atom is 0.296 e. The minimum Gasteiger partial charge on any atom is -0.505 e. The van der Waals surface area contributed by atoms with Crippen molar-refractivity contribution >= 4 is 67.1 Å². The Kier molecular flexibility index (Phi) is 8.10. The summed E-state index contributed by atoms with van der Waals surface area (Å²) in [4.78, 5) is 9.57. The Labute approximate surface area is 223 Å². The van der Waals surface area contributed by atoms with Crippen LogP contribution in [0, 0.1) is 10.1 Å². The van der Waals surface area contributed by atoms with E-state index in [4.69, 9.17) is 11.0 Å². The number of aromatic hydroxyl groups is 1. The largest absolute Gasteiger partial charge is 0.505 e. The number of nitro benzene ring substituents is 1. The van der Waals surface area contributed by atoms with Crippen LogP contribution in [0.3, 0.4) is 0 Å². The molecule has 0 fully saturated rings. The zero-order valence-corrected chi connectivity index (χ0v) is 20.9. The molecule has 0 unspecified atom stereocenters. The van der Waals surface area contributed by atoms with E-state index < -0.39 is 31.4 Å². The Bertz CT molecular complexity index is 1710. The minimum absolute atomic E-state index is 0.00890. The van der Waals surface area contributed by atoms with Crippen LogP contribution in [-0.2, 0) is 19.5 Å². The molecule has 0 radical (unpaired) electrons. The van der Waals surface area contributed by atoms with Gasteiger partial charge in [-0.1, -0.05) is 23.2 Å². The van der Waals surface area contributed by atoms with Gasteiger partial charge in [0.2, 0.25) is 0 Å². The summed E-state index contributed by atoms with van der Waals surface area (Å²) < 4.78 is 38.6. The van der Waals surface area contributed by atoms with E-state index in [0.717, 1.165) is 6.07 Å². The van der Waals surface area contributed by atoms with Gasteiger partial charge in [0.05, 0.1) is 44.3 Å². The summed E-state index contributed by atoms with van der Waals surface area (Å²) in [6.45, 7) is 0. The fourth-order valence-electron chi connectivity index (χ4n) is 3.37. The van der Waals surface area contributed by atoms with Gasteiger partial charge in [-0.3, -0.25) is 14.7 Å². The second-order valence-corrected chi connectivity index (χ2v) is 9.65. The molecule has 0 amide bonds. The molecule has 17 heteroatoms. The molecule has 0 bridgehead atoms. The molecule has 0 spiro atoms. The Morgan fingerprint density at radius 3 is 2.13 bits per heavy atom. The molecular weight excluding hydrogens is 556 g/mol. The molecular formula is C22H16N6O9S2. The molecule has 39 heavy (non-hydrogen) atoms. The molecule has 4 aromatic rings. The fourth-order valence-corrected chi connectivity index (χ4v) is 4.54. The summed E-state index contributed by atoms with van der Waals surface area (Å²) in [5.41, 5.74) is 5.75. The predicted octanol–water partition coefficient (Wildman–Crippen LogP) is 6.54. The van der Waals surface area contributed by atoms with Gasteiger partial charge in [-0.2, -0.15) is 18.6 Å². The lowest BCUT2D eigenvalue weighted by Crippen LogP contribution is -2.00. The van der Waals surface area contributed by atoms with Gasteiger partial charge in [-0.15, -0.1) is 14.6 Å². The highest BCUT2D eigenvalue weighted by molar-refractivity contribution is 7.94. The number of anilines is 1. The van der Waals surface area contributed by atoms with Crippen LogP contribution in [0.1, 0.15) is 0 Å². The van der Waals surface area contributed by atoms with Gasteiger partial charge in [0.15, 0.2) is 5.75 Å². The first-order valence-corrected chi connectivity index (χ1v) is 12.7. The monoisotopic (exact) mass is 572 g/mol. The highest BCUT2D eigenvalue weighted by atomic mass is 32.2. The number of hydrogen-bond acceptors (Lipinski definition) is 14. The van der Waals surface area contributed by atoms with Gasteiger partial charge in [0, 0.05) is 12.1 Å². The molecule has 200 valence electrons. The molecule has 0 atom stereocenters. The molecule has 5 N–H and O–H groups in total. The minimum atomic E-state index is -4.91. The number of nitro groups is 1. The molecule has 0 aliphatic heterocycles. The van der Waals surface area contributed by atoms with Gasteiger partial charge in [-0.25, -0.2) is 5.26 Å². The third-order valence-corrected chi connectivity index (χ3v) is 6.58. The number of nitrogen functional groups attached to an aromatic ring is 1. The van der Waals surface area contributed by atoms with E-state index in [9.17, 15) is 28.2 Å². The first-order valence-electron chi connectivity index (χ1n) is 10.5. The fraction of sp³-hybridized carbons (Fsp3) is 0. The predicted molar refractivity (Wildman–Crippen MR) is 138 cm³/mol. The summed E-state index contributed by atoms with van der Waals surface area (Å²) in [5.74, 6) is -0.736. The van der Waals surface area contributed by atoms with Crippen molar-refractivity contribution in [3.63, 3.8) is 0 Å². The molecule has 4 rings (SSSR count). The number of phenols is 1. The third kappa shape index (κ3) is 6.14. The highest BCUT2D eigenvalue weighted by Crippen LogP contribution is 2.49. The topological polar surface area (TPSA) is 232 Å². The maximum atomic E-state index is 12.1. The van der Waals surface area contributed by atoms with Crippen LogP contribution in [0.15, 0.2) is 97.0 Å². The van der Waals surface area contributed by atoms with Gasteiger partial charge >= 0.3 is 0 Å². The third-order valence-electron chi connectivity index (χ3n) is 5.09. The van der Waals surface area contributed by atoms with Crippen molar-refractivity contribution in [3.8, 4) is 5.75 Å². The van der Waals surface area contributed by atoms with Gasteiger partial charge in [-0.05, 0) is 41.8 Å². The van der Waals surface area contributed by atoms with Crippen LogP contribution >= 0.6 is 12.0 Å². The van der Waals surface area contributed by atoms with Crippen molar-refractivity contribution in [2.45, 2.75) is 9.79 Å². The Morgan fingerprint density at radius 2 is 1.54 bits per heavy atom. The van der Waals surface area contributed by atoms with Crippen LogP contribution in [0.5, 0.6) is 5.75 Å². The number of nitrogens with two attached hydrogens (primary N) is 1. The molecule has 0 aromatic heterocycles. The Morgan fingerprint density at radius 1 is 0.923 bits per heavy atom. The normalized spacial score (nSPS) is 12.1. The smallest absolute Gasteiger partial charge is 0.296 e. The lowest BCUT2D eigenvalue weighted by Gasteiger charge is -2.14. The van der Waals surface area contributed by atoms with Crippen molar-refractivity contribution in [1.82, 2.24) is 0 Å². The van der Waals surface area contributed by atoms with E-state index in [-0.39, 0.29) is 38.4 Å². The summed E-state index contributed by atoms with van der Waals surface area (Å²) in [5, 5.41) is 49.8. The lowest BCUT2D eigenvalue weighted by molar-refractivity contribution is -0.432. The van der Waals surface area contributed by atoms with Crippen LogP contribution < -0.4 is 5.73 Å². The van der Waals surface area contributed by atoms with Crippen molar-refractivity contribution in [2.24, 2.45) is 20.5 Å². The summed E-state index contributed by atoms with van der Waals surface area (Å²) in [6.07, 6.45) is 0. The van der Waals surface area contributed by atoms with Crippen molar-refractivity contribution < 1.29 is 37.6 Å². The van der Waals surface area contributed by atoms with E-state index >= 15 is 0 Å². The van der Waals surface area contributed by atoms with Crippen LogP contribution in [0.25, 0.3) is 10.8 Å². The van der Waals surface area contributed by atoms with E-state index in [1.807, 2.05) is 0 Å². The maximum absolute atomic E-state index is 12.1. The molecule has 0 heterocycles. The molecule has 15 nitrogen and oxygen atoms in total. The molecule has 0 saturated carbocycles. The number of fused-ring (bicyclic) bond motifs is 1. The first-order chi connectivity index (χ1) is 18.6. The van der Waals surface area contributed by atoms with E-state index in [1.54, 1.807) is 30.3 Å². The second-order valence-electron chi connectivity index (χ2n) is 7.52. The Balaban J connectivity index is 1.92. The summed E-state index contributed by atoms with van der Waals surface area (Å²) in [7, 11) is -4.91. The number of azo groups is 2.